The molecule has 1 aromatic carbocycles. The van der Waals surface area contributed by atoms with Crippen LogP contribution in [0.3, 0.4) is 0 Å². The number of ether oxygens (including phenoxy) is 1. The second-order valence-electron chi connectivity index (χ2n) is 4.85. The first kappa shape index (κ1) is 13.8. The molecule has 0 aromatic heterocycles. The molecule has 2 rings (SSSR count). The molecule has 2 atom stereocenters. The molecule has 2 unspecified atom stereocenters. The Morgan fingerprint density at radius 3 is 2.89 bits per heavy atom. The van der Waals surface area contributed by atoms with Crippen molar-refractivity contribution in [2.24, 2.45) is 5.73 Å². The van der Waals surface area contributed by atoms with Crippen LogP contribution in [-0.2, 0) is 4.74 Å². The molecule has 1 aliphatic rings. The summed E-state index contributed by atoms with van der Waals surface area (Å²) in [6.07, 6.45) is 2.65. The second-order valence-corrected chi connectivity index (χ2v) is 5.25. The predicted octanol–water partition coefficient (Wildman–Crippen LogP) is 2.45. The van der Waals surface area contributed by atoms with Crippen LogP contribution >= 0.6 is 11.6 Å². The Bertz CT molecular complexity index is 380. The van der Waals surface area contributed by atoms with Gasteiger partial charge in [-0.15, -0.1) is 0 Å². The highest BCUT2D eigenvalue weighted by Gasteiger charge is 2.23. The lowest BCUT2D eigenvalue weighted by Gasteiger charge is -2.29. The maximum Gasteiger partial charge on any atom is 0.0702 e. The molecule has 0 aliphatic carbocycles. The summed E-state index contributed by atoms with van der Waals surface area (Å²) in [5.41, 5.74) is 7.01. The van der Waals surface area contributed by atoms with Gasteiger partial charge in [0.2, 0.25) is 0 Å². The normalized spacial score (nSPS) is 21.4. The molecule has 0 spiro atoms. The van der Waals surface area contributed by atoms with Crippen LogP contribution in [-0.4, -0.2) is 37.7 Å². The van der Waals surface area contributed by atoms with Crippen LogP contribution in [0.4, 0.5) is 0 Å². The summed E-state index contributed by atoms with van der Waals surface area (Å²) in [5.74, 6) is 0. The van der Waals surface area contributed by atoms with Gasteiger partial charge in [0.15, 0.2) is 0 Å². The molecule has 3 nitrogen and oxygen atoms in total. The van der Waals surface area contributed by atoms with Crippen molar-refractivity contribution in [1.82, 2.24) is 4.90 Å². The van der Waals surface area contributed by atoms with Gasteiger partial charge >= 0.3 is 0 Å². The van der Waals surface area contributed by atoms with Crippen molar-refractivity contribution in [3.05, 3.63) is 34.9 Å². The molecule has 1 fully saturated rings. The molecule has 1 saturated heterocycles. The van der Waals surface area contributed by atoms with E-state index in [1.165, 1.54) is 0 Å². The van der Waals surface area contributed by atoms with E-state index in [9.17, 15) is 0 Å². The van der Waals surface area contributed by atoms with Gasteiger partial charge in [0.25, 0.3) is 0 Å². The summed E-state index contributed by atoms with van der Waals surface area (Å²) in [7, 11) is 2.09. The number of likely N-dealkylation sites (N-methyl/N-ethyl adjacent to an activating group) is 1. The molecule has 1 aromatic rings. The van der Waals surface area contributed by atoms with Crippen molar-refractivity contribution in [1.29, 1.82) is 0 Å². The van der Waals surface area contributed by atoms with Crippen LogP contribution < -0.4 is 5.73 Å². The van der Waals surface area contributed by atoms with Crippen molar-refractivity contribution in [2.75, 3.05) is 26.7 Å². The van der Waals surface area contributed by atoms with Gasteiger partial charge in [0.1, 0.15) is 0 Å². The first-order chi connectivity index (χ1) is 8.72. The third-order valence-electron chi connectivity index (χ3n) is 3.54. The molecule has 0 amide bonds. The number of halogens is 1. The summed E-state index contributed by atoms with van der Waals surface area (Å²) in [6.45, 7) is 2.36. The summed E-state index contributed by atoms with van der Waals surface area (Å²) in [5, 5.41) is 0.784. The predicted molar refractivity (Wildman–Crippen MR) is 74.9 cm³/mol. The van der Waals surface area contributed by atoms with Gasteiger partial charge in [0.05, 0.1) is 6.10 Å². The largest absolute Gasteiger partial charge is 0.377 e. The smallest absolute Gasteiger partial charge is 0.0702 e. The topological polar surface area (TPSA) is 38.5 Å². The maximum absolute atomic E-state index is 6.24. The van der Waals surface area contributed by atoms with Gasteiger partial charge < -0.3 is 10.5 Å². The molecule has 0 saturated carbocycles. The Hall–Kier alpha value is -0.610. The van der Waals surface area contributed by atoms with Crippen LogP contribution in [0.25, 0.3) is 0 Å². The molecule has 0 radical (unpaired) electrons. The first-order valence-corrected chi connectivity index (χ1v) is 6.86. The van der Waals surface area contributed by atoms with Crippen molar-refractivity contribution in [2.45, 2.75) is 25.0 Å². The zero-order valence-corrected chi connectivity index (χ0v) is 11.6. The van der Waals surface area contributed by atoms with Crippen molar-refractivity contribution in [3.8, 4) is 0 Å². The fraction of sp³-hybridized carbons (Fsp3) is 0.571. The van der Waals surface area contributed by atoms with E-state index in [2.05, 4.69) is 11.9 Å². The van der Waals surface area contributed by atoms with E-state index in [4.69, 9.17) is 22.1 Å². The Balaban J connectivity index is 2.05. The average molecular weight is 269 g/mol. The molecular formula is C14H21ClN2O. The van der Waals surface area contributed by atoms with Gasteiger partial charge in [-0.2, -0.15) is 0 Å². The first-order valence-electron chi connectivity index (χ1n) is 6.48. The highest BCUT2D eigenvalue weighted by Crippen LogP contribution is 2.27. The highest BCUT2D eigenvalue weighted by molar-refractivity contribution is 6.31. The van der Waals surface area contributed by atoms with Gasteiger partial charge in [0, 0.05) is 30.8 Å². The second kappa shape index (κ2) is 6.53. The van der Waals surface area contributed by atoms with Crippen LogP contribution in [0, 0.1) is 0 Å². The number of nitrogens with two attached hydrogens (primary N) is 1. The zero-order valence-electron chi connectivity index (χ0n) is 10.8. The summed E-state index contributed by atoms with van der Waals surface area (Å²) in [4.78, 5) is 2.25. The molecule has 1 heterocycles. The average Bonchev–Trinajstić information content (AvgIpc) is 2.85. The maximum atomic E-state index is 6.24. The molecule has 0 bridgehead atoms. The Morgan fingerprint density at radius 2 is 2.28 bits per heavy atom. The highest BCUT2D eigenvalue weighted by atomic mass is 35.5. The van der Waals surface area contributed by atoms with Crippen LogP contribution in [0.5, 0.6) is 0 Å². The number of benzene rings is 1. The third-order valence-corrected chi connectivity index (χ3v) is 3.88. The van der Waals surface area contributed by atoms with Gasteiger partial charge in [-0.3, -0.25) is 4.90 Å². The SMILES string of the molecule is CN(CC1CCCO1)C(CN)c1ccccc1Cl. The van der Waals surface area contributed by atoms with Gasteiger partial charge in [-0.05, 0) is 31.5 Å². The van der Waals surface area contributed by atoms with Crippen LogP contribution in [0.2, 0.25) is 5.02 Å². The van der Waals surface area contributed by atoms with E-state index in [1.807, 2.05) is 24.3 Å². The number of hydrogen-bond donors (Lipinski definition) is 1. The minimum Gasteiger partial charge on any atom is -0.377 e. The Labute approximate surface area is 114 Å². The summed E-state index contributed by atoms with van der Waals surface area (Å²) < 4.78 is 5.67. The molecule has 100 valence electrons. The minimum atomic E-state index is 0.155. The van der Waals surface area contributed by atoms with E-state index >= 15 is 0 Å². The Morgan fingerprint density at radius 1 is 1.50 bits per heavy atom. The molecule has 4 heteroatoms. The minimum absolute atomic E-state index is 0.155. The molecular weight excluding hydrogens is 248 g/mol. The quantitative estimate of drug-likeness (QED) is 0.892. The lowest BCUT2D eigenvalue weighted by Crippen LogP contribution is -2.36. The third kappa shape index (κ3) is 3.23. The fourth-order valence-electron chi connectivity index (χ4n) is 2.53. The van der Waals surface area contributed by atoms with Crippen LogP contribution in [0.1, 0.15) is 24.4 Å². The van der Waals surface area contributed by atoms with Crippen molar-refractivity contribution in [3.63, 3.8) is 0 Å². The number of rotatable bonds is 5. The van der Waals surface area contributed by atoms with E-state index < -0.39 is 0 Å². The molecule has 1 aliphatic heterocycles. The lowest BCUT2D eigenvalue weighted by atomic mass is 10.0. The molecule has 18 heavy (non-hydrogen) atoms. The van der Waals surface area contributed by atoms with E-state index in [-0.39, 0.29) is 6.04 Å². The van der Waals surface area contributed by atoms with Crippen molar-refractivity contribution < 1.29 is 4.74 Å². The van der Waals surface area contributed by atoms with Gasteiger partial charge in [-0.1, -0.05) is 29.8 Å². The number of nitrogens with zero attached hydrogens (tertiary/aromatic N) is 1. The summed E-state index contributed by atoms with van der Waals surface area (Å²) in [6, 6.07) is 8.07. The van der Waals surface area contributed by atoms with Crippen molar-refractivity contribution >= 4 is 11.6 Å². The lowest BCUT2D eigenvalue weighted by molar-refractivity contribution is 0.0689. The standard InChI is InChI=1S/C14H21ClN2O/c1-17(10-11-5-4-8-18-11)14(9-16)12-6-2-3-7-13(12)15/h2-3,6-7,11,14H,4-5,8-10,16H2,1H3. The number of hydrogen-bond acceptors (Lipinski definition) is 3. The Kier molecular flexibility index (Phi) is 5.01. The zero-order chi connectivity index (χ0) is 13.0. The van der Waals surface area contributed by atoms with E-state index in [0.29, 0.717) is 12.6 Å². The molecule has 2 N–H and O–H groups in total. The van der Waals surface area contributed by atoms with Gasteiger partial charge in [-0.25, -0.2) is 0 Å². The monoisotopic (exact) mass is 268 g/mol. The fourth-order valence-corrected chi connectivity index (χ4v) is 2.79. The summed E-state index contributed by atoms with van der Waals surface area (Å²) >= 11 is 6.24. The van der Waals surface area contributed by atoms with E-state index in [1.54, 1.807) is 0 Å². The van der Waals surface area contributed by atoms with Crippen LogP contribution in [0.15, 0.2) is 24.3 Å². The van der Waals surface area contributed by atoms with E-state index in [0.717, 1.165) is 36.6 Å².